The fourth-order valence-corrected chi connectivity index (χ4v) is 2.70. The summed E-state index contributed by atoms with van der Waals surface area (Å²) in [6.45, 7) is 1.70. The van der Waals surface area contributed by atoms with E-state index in [0.717, 1.165) is 23.9 Å². The molecule has 0 aliphatic carbocycles. The Hall–Kier alpha value is -1.85. The lowest BCUT2D eigenvalue weighted by Gasteiger charge is -2.08. The van der Waals surface area contributed by atoms with Crippen LogP contribution in [0.25, 0.3) is 21.9 Å². The third kappa shape index (κ3) is 2.66. The molecule has 2 N–H and O–H groups in total. The van der Waals surface area contributed by atoms with Crippen LogP contribution in [0.1, 0.15) is 6.42 Å². The molecule has 0 radical (unpaired) electrons. The van der Waals surface area contributed by atoms with E-state index in [9.17, 15) is 4.79 Å². The van der Waals surface area contributed by atoms with Gasteiger partial charge in [0.25, 0.3) is 5.56 Å². The van der Waals surface area contributed by atoms with Crippen molar-refractivity contribution in [2.24, 2.45) is 0 Å². The number of fused-ring (bicyclic) bond motifs is 3. The monoisotopic (exact) mass is 305 g/mol. The molecule has 3 aromatic rings. The molecule has 110 valence electrons. The maximum Gasteiger partial charge on any atom is 0.277 e. The Morgan fingerprint density at radius 3 is 2.95 bits per heavy atom. The molecule has 5 nitrogen and oxygen atoms in total. The minimum atomic E-state index is -0.0268. The number of hydrogen-bond donors (Lipinski definition) is 2. The number of aromatic nitrogens is 3. The van der Waals surface area contributed by atoms with Gasteiger partial charge in [0, 0.05) is 28.9 Å². The van der Waals surface area contributed by atoms with E-state index in [2.05, 4.69) is 24.1 Å². The molecule has 0 aliphatic heterocycles. The second-order valence-corrected chi connectivity index (χ2v) is 6.03. The van der Waals surface area contributed by atoms with Crippen LogP contribution in [0.3, 0.4) is 0 Å². The first-order valence-corrected chi connectivity index (χ1v) is 7.39. The Bertz CT molecular complexity index is 850. The van der Waals surface area contributed by atoms with E-state index in [1.165, 1.54) is 4.90 Å². The van der Waals surface area contributed by atoms with Crippen LogP contribution in [-0.4, -0.2) is 35.2 Å². The molecule has 21 heavy (non-hydrogen) atoms. The fourth-order valence-electron chi connectivity index (χ4n) is 2.52. The lowest BCUT2D eigenvalue weighted by atomic mass is 10.2. The highest BCUT2D eigenvalue weighted by Crippen LogP contribution is 2.24. The minimum Gasteiger partial charge on any atom is -0.349 e. The van der Waals surface area contributed by atoms with Gasteiger partial charge in [-0.3, -0.25) is 9.36 Å². The molecule has 0 aliphatic rings. The van der Waals surface area contributed by atoms with Crippen molar-refractivity contribution in [2.75, 3.05) is 20.6 Å². The number of nitrogens with one attached hydrogen (secondary N) is 2. The van der Waals surface area contributed by atoms with Crippen molar-refractivity contribution in [3.8, 4) is 0 Å². The molecule has 0 atom stereocenters. The molecule has 3 rings (SSSR count). The molecule has 2 aromatic heterocycles. The van der Waals surface area contributed by atoms with Crippen LogP contribution in [-0.2, 0) is 6.54 Å². The highest BCUT2D eigenvalue weighted by atomic mass is 35.5. The lowest BCUT2D eigenvalue weighted by Crippen LogP contribution is -3.05. The van der Waals surface area contributed by atoms with Crippen molar-refractivity contribution in [2.45, 2.75) is 13.0 Å². The summed E-state index contributed by atoms with van der Waals surface area (Å²) in [5.41, 5.74) is 2.09. The number of rotatable bonds is 4. The van der Waals surface area contributed by atoms with E-state index in [0.29, 0.717) is 22.6 Å². The number of halogens is 1. The van der Waals surface area contributed by atoms with Gasteiger partial charge in [-0.2, -0.15) is 0 Å². The number of quaternary nitrogens is 1. The molecule has 0 unspecified atom stereocenters. The van der Waals surface area contributed by atoms with E-state index in [4.69, 9.17) is 11.6 Å². The van der Waals surface area contributed by atoms with Gasteiger partial charge in [0.15, 0.2) is 0 Å². The second-order valence-electron chi connectivity index (χ2n) is 5.59. The third-order valence-electron chi connectivity index (χ3n) is 3.61. The summed E-state index contributed by atoms with van der Waals surface area (Å²) in [6.07, 6.45) is 2.57. The summed E-state index contributed by atoms with van der Waals surface area (Å²) in [6, 6.07) is 5.51. The van der Waals surface area contributed by atoms with Gasteiger partial charge in [-0.05, 0) is 18.2 Å². The molecule has 0 fully saturated rings. The molecule has 0 saturated heterocycles. The van der Waals surface area contributed by atoms with Gasteiger partial charge in [0.2, 0.25) is 0 Å². The maximum absolute atomic E-state index is 12.5. The van der Waals surface area contributed by atoms with Gasteiger partial charge in [-0.15, -0.1) is 0 Å². The van der Waals surface area contributed by atoms with Gasteiger partial charge in [0.1, 0.15) is 11.0 Å². The summed E-state index contributed by atoms with van der Waals surface area (Å²) < 4.78 is 1.67. The van der Waals surface area contributed by atoms with Gasteiger partial charge in [0.05, 0.1) is 27.0 Å². The van der Waals surface area contributed by atoms with Crippen molar-refractivity contribution in [1.29, 1.82) is 0 Å². The van der Waals surface area contributed by atoms with Crippen LogP contribution in [0.15, 0.2) is 29.3 Å². The molecule has 6 heteroatoms. The zero-order valence-corrected chi connectivity index (χ0v) is 12.9. The van der Waals surface area contributed by atoms with E-state index in [1.54, 1.807) is 17.0 Å². The normalized spacial score (nSPS) is 11.8. The van der Waals surface area contributed by atoms with Crippen LogP contribution < -0.4 is 10.5 Å². The Morgan fingerprint density at radius 2 is 2.19 bits per heavy atom. The number of nitrogens with zero attached hydrogens (tertiary/aromatic N) is 2. The third-order valence-corrected chi connectivity index (χ3v) is 3.85. The lowest BCUT2D eigenvalue weighted by molar-refractivity contribution is -0.858. The van der Waals surface area contributed by atoms with Crippen LogP contribution in [0.4, 0.5) is 0 Å². The summed E-state index contributed by atoms with van der Waals surface area (Å²) in [7, 11) is 4.21. The largest absolute Gasteiger partial charge is 0.349 e. The standard InChI is InChI=1S/C15H17ClN4O/c1-19(2)6-3-7-20-9-17-13-11-8-10(16)4-5-12(11)18-14(13)15(20)21/h4-5,8-9,18H,3,6-7H2,1-2H3/p+1. The first-order valence-electron chi connectivity index (χ1n) is 7.01. The number of H-pyrrole nitrogens is 1. The van der Waals surface area contributed by atoms with Gasteiger partial charge >= 0.3 is 0 Å². The average Bonchev–Trinajstić information content (AvgIpc) is 2.80. The fraction of sp³-hybridized carbons (Fsp3) is 0.333. The Kier molecular flexibility index (Phi) is 3.69. The van der Waals surface area contributed by atoms with Crippen LogP contribution in [0.2, 0.25) is 5.02 Å². The summed E-state index contributed by atoms with van der Waals surface area (Å²) in [5, 5.41) is 1.53. The van der Waals surface area contributed by atoms with E-state index >= 15 is 0 Å². The maximum atomic E-state index is 12.5. The number of hydrogen-bond acceptors (Lipinski definition) is 2. The van der Waals surface area contributed by atoms with E-state index in [1.807, 2.05) is 12.1 Å². The Balaban J connectivity index is 2.04. The summed E-state index contributed by atoms with van der Waals surface area (Å²) >= 11 is 6.02. The summed E-state index contributed by atoms with van der Waals surface area (Å²) in [5.74, 6) is 0. The number of aryl methyl sites for hydroxylation is 1. The van der Waals surface area contributed by atoms with Crippen molar-refractivity contribution < 1.29 is 4.90 Å². The molecule has 2 heterocycles. The van der Waals surface area contributed by atoms with Crippen molar-refractivity contribution in [1.82, 2.24) is 14.5 Å². The molecule has 1 aromatic carbocycles. The predicted molar refractivity (Wildman–Crippen MR) is 85.2 cm³/mol. The first kappa shape index (κ1) is 14.1. The van der Waals surface area contributed by atoms with E-state index in [-0.39, 0.29) is 5.56 Å². The molecule has 0 amide bonds. The van der Waals surface area contributed by atoms with Gasteiger partial charge in [-0.25, -0.2) is 4.98 Å². The Morgan fingerprint density at radius 1 is 1.38 bits per heavy atom. The molecular formula is C15H18ClN4O+. The second kappa shape index (κ2) is 5.50. The van der Waals surface area contributed by atoms with E-state index < -0.39 is 0 Å². The number of aromatic amines is 1. The molecule has 0 spiro atoms. The van der Waals surface area contributed by atoms with Crippen LogP contribution in [0, 0.1) is 0 Å². The quantitative estimate of drug-likeness (QED) is 0.757. The minimum absolute atomic E-state index is 0.0268. The van der Waals surface area contributed by atoms with Gasteiger partial charge < -0.3 is 9.88 Å². The average molecular weight is 306 g/mol. The van der Waals surface area contributed by atoms with Crippen LogP contribution in [0.5, 0.6) is 0 Å². The number of benzene rings is 1. The highest BCUT2D eigenvalue weighted by Gasteiger charge is 2.11. The predicted octanol–water partition coefficient (Wildman–Crippen LogP) is 1.07. The molecule has 0 bridgehead atoms. The topological polar surface area (TPSA) is 55.1 Å². The van der Waals surface area contributed by atoms with Crippen molar-refractivity contribution in [3.05, 3.63) is 39.9 Å². The smallest absolute Gasteiger partial charge is 0.277 e. The van der Waals surface area contributed by atoms with Crippen molar-refractivity contribution >= 4 is 33.5 Å². The first-order chi connectivity index (χ1) is 10.1. The zero-order valence-electron chi connectivity index (χ0n) is 12.1. The van der Waals surface area contributed by atoms with Gasteiger partial charge in [-0.1, -0.05) is 11.6 Å². The van der Waals surface area contributed by atoms with Crippen LogP contribution >= 0.6 is 11.6 Å². The van der Waals surface area contributed by atoms with Crippen molar-refractivity contribution in [3.63, 3.8) is 0 Å². The highest BCUT2D eigenvalue weighted by molar-refractivity contribution is 6.31. The Labute approximate surface area is 127 Å². The molecule has 0 saturated carbocycles. The SMILES string of the molecule is C[NH+](C)CCCn1cnc2c([nH]c3ccc(Cl)cc32)c1=O. The molecular weight excluding hydrogens is 288 g/mol. The summed E-state index contributed by atoms with van der Waals surface area (Å²) in [4.78, 5) is 21.5. The zero-order chi connectivity index (χ0) is 15.0.